The number of aromatic nitrogens is 1. The zero-order valence-corrected chi connectivity index (χ0v) is 10.0. The molecule has 0 radical (unpaired) electrons. The lowest BCUT2D eigenvalue weighted by atomic mass is 9.98. The zero-order chi connectivity index (χ0) is 11.8. The van der Waals surface area contributed by atoms with Gasteiger partial charge in [0.25, 0.3) is 0 Å². The first-order valence-corrected chi connectivity index (χ1v) is 6.13. The maximum atomic E-state index is 8.94. The van der Waals surface area contributed by atoms with E-state index < -0.39 is 0 Å². The first-order valence-electron chi connectivity index (χ1n) is 5.75. The van der Waals surface area contributed by atoms with E-state index in [1.807, 2.05) is 6.07 Å². The summed E-state index contributed by atoms with van der Waals surface area (Å²) in [7, 11) is 0. The highest BCUT2D eigenvalue weighted by Crippen LogP contribution is 2.38. The molecule has 2 heterocycles. The molecule has 0 bridgehead atoms. The second-order valence-electron chi connectivity index (χ2n) is 4.65. The zero-order valence-electron chi connectivity index (χ0n) is 9.28. The minimum atomic E-state index is 0.289. The van der Waals surface area contributed by atoms with Crippen molar-refractivity contribution in [2.75, 3.05) is 13.1 Å². The second kappa shape index (κ2) is 4.14. The molecule has 2 atom stereocenters. The molecule has 2 unspecified atom stereocenters. The normalized spacial score (nSPS) is 26.5. The molecule has 86 valence electrons. The van der Waals surface area contributed by atoms with Crippen LogP contribution >= 0.6 is 11.6 Å². The van der Waals surface area contributed by atoms with Crippen LogP contribution in [0.3, 0.4) is 0 Å². The van der Waals surface area contributed by atoms with Gasteiger partial charge in [-0.15, -0.1) is 0 Å². The molecule has 0 spiro atoms. The van der Waals surface area contributed by atoms with Crippen LogP contribution in [0.5, 0.6) is 0 Å². The van der Waals surface area contributed by atoms with E-state index in [1.165, 1.54) is 5.57 Å². The maximum Gasteiger partial charge on any atom is 0.146 e. The van der Waals surface area contributed by atoms with Crippen LogP contribution in [0.15, 0.2) is 18.3 Å². The Bertz CT molecular complexity index is 530. The third-order valence-electron chi connectivity index (χ3n) is 3.62. The smallest absolute Gasteiger partial charge is 0.146 e. The topological polar surface area (TPSA) is 48.7 Å². The number of allylic oxidation sites excluding steroid dienone is 1. The molecule has 1 saturated heterocycles. The molecule has 4 heteroatoms. The van der Waals surface area contributed by atoms with Crippen molar-refractivity contribution >= 4 is 17.2 Å². The van der Waals surface area contributed by atoms with Crippen molar-refractivity contribution in [2.45, 2.75) is 6.42 Å². The fourth-order valence-corrected chi connectivity index (χ4v) is 2.84. The van der Waals surface area contributed by atoms with Crippen molar-refractivity contribution < 1.29 is 0 Å². The first kappa shape index (κ1) is 10.8. The fraction of sp³-hybridized carbons (Fsp3) is 0.385. The first-order chi connectivity index (χ1) is 8.28. The molecule has 1 aromatic heterocycles. The van der Waals surface area contributed by atoms with Gasteiger partial charge in [-0.1, -0.05) is 17.7 Å². The van der Waals surface area contributed by atoms with E-state index in [4.69, 9.17) is 16.9 Å². The highest BCUT2D eigenvalue weighted by Gasteiger charge is 2.31. The molecule has 0 saturated carbocycles. The van der Waals surface area contributed by atoms with Crippen LogP contribution in [0.4, 0.5) is 0 Å². The third kappa shape index (κ3) is 1.84. The number of halogens is 1. The molecular formula is C13H12ClN3. The summed E-state index contributed by atoms with van der Waals surface area (Å²) in [5, 5.41) is 12.6. The lowest BCUT2D eigenvalue weighted by Crippen LogP contribution is -2.09. The molecule has 1 fully saturated rings. The minimum Gasteiger partial charge on any atom is -0.316 e. The number of nitrogens with zero attached hydrogens (tertiary/aromatic N) is 2. The molecule has 0 amide bonds. The number of hydrogen-bond acceptors (Lipinski definition) is 3. The molecule has 1 aliphatic heterocycles. The van der Waals surface area contributed by atoms with Crippen LogP contribution in [0, 0.1) is 23.2 Å². The van der Waals surface area contributed by atoms with Gasteiger partial charge in [0.15, 0.2) is 0 Å². The Labute approximate surface area is 105 Å². The summed E-state index contributed by atoms with van der Waals surface area (Å²) in [6.45, 7) is 2.16. The van der Waals surface area contributed by atoms with Crippen LogP contribution in [0.2, 0.25) is 5.15 Å². The summed E-state index contributed by atoms with van der Waals surface area (Å²) in [4.78, 5) is 4.07. The third-order valence-corrected chi connectivity index (χ3v) is 3.92. The summed E-state index contributed by atoms with van der Waals surface area (Å²) in [6, 6.07) is 3.92. The Morgan fingerprint density at radius 1 is 1.47 bits per heavy atom. The highest BCUT2D eigenvalue weighted by atomic mass is 35.5. The van der Waals surface area contributed by atoms with Gasteiger partial charge in [0.1, 0.15) is 11.2 Å². The molecule has 0 aromatic carbocycles. The predicted molar refractivity (Wildman–Crippen MR) is 66.4 cm³/mol. The summed E-state index contributed by atoms with van der Waals surface area (Å²) in [5.41, 5.74) is 2.81. The summed E-state index contributed by atoms with van der Waals surface area (Å²) in [6.07, 6.45) is 5.16. The lowest BCUT2D eigenvalue weighted by molar-refractivity contribution is 0.536. The molecule has 1 N–H and O–H groups in total. The Balaban J connectivity index is 1.93. The Morgan fingerprint density at radius 3 is 3.12 bits per heavy atom. The number of hydrogen-bond donors (Lipinski definition) is 1. The Morgan fingerprint density at radius 2 is 2.35 bits per heavy atom. The molecule has 1 aliphatic carbocycles. The number of nitrogens with one attached hydrogen (secondary N) is 1. The van der Waals surface area contributed by atoms with Gasteiger partial charge in [0.05, 0.1) is 5.56 Å². The van der Waals surface area contributed by atoms with Crippen molar-refractivity contribution in [1.29, 1.82) is 5.26 Å². The standard InChI is InChI=1S/C13H12ClN3/c14-13-9(4-15)3-12(7-17-13)8-1-10-5-16-6-11(10)2-8/h1,3,7,10-11,16H,2,5-6H2. The van der Waals surface area contributed by atoms with Gasteiger partial charge in [-0.05, 0) is 42.0 Å². The van der Waals surface area contributed by atoms with E-state index >= 15 is 0 Å². The van der Waals surface area contributed by atoms with Crippen LogP contribution in [-0.2, 0) is 0 Å². The summed E-state index contributed by atoms with van der Waals surface area (Å²) < 4.78 is 0. The van der Waals surface area contributed by atoms with Gasteiger partial charge in [-0.3, -0.25) is 0 Å². The second-order valence-corrected chi connectivity index (χ2v) is 5.01. The average molecular weight is 246 g/mol. The van der Waals surface area contributed by atoms with E-state index in [2.05, 4.69) is 22.4 Å². The van der Waals surface area contributed by atoms with E-state index in [0.717, 1.165) is 25.1 Å². The molecule has 3 nitrogen and oxygen atoms in total. The van der Waals surface area contributed by atoms with Crippen molar-refractivity contribution in [3.8, 4) is 6.07 Å². The van der Waals surface area contributed by atoms with Gasteiger partial charge in [0.2, 0.25) is 0 Å². The average Bonchev–Trinajstić information content (AvgIpc) is 2.90. The van der Waals surface area contributed by atoms with E-state index in [-0.39, 0.29) is 5.15 Å². The van der Waals surface area contributed by atoms with Crippen molar-refractivity contribution in [3.63, 3.8) is 0 Å². The van der Waals surface area contributed by atoms with E-state index in [0.29, 0.717) is 17.4 Å². The highest BCUT2D eigenvalue weighted by molar-refractivity contribution is 6.30. The largest absolute Gasteiger partial charge is 0.316 e. The summed E-state index contributed by atoms with van der Waals surface area (Å²) >= 11 is 5.84. The van der Waals surface area contributed by atoms with Gasteiger partial charge >= 0.3 is 0 Å². The molecule has 1 aromatic rings. The quantitative estimate of drug-likeness (QED) is 0.772. The van der Waals surface area contributed by atoms with Crippen LogP contribution in [0.25, 0.3) is 5.57 Å². The van der Waals surface area contributed by atoms with Crippen LogP contribution in [0.1, 0.15) is 17.5 Å². The van der Waals surface area contributed by atoms with Crippen LogP contribution < -0.4 is 5.32 Å². The van der Waals surface area contributed by atoms with Gasteiger partial charge in [-0.2, -0.15) is 5.26 Å². The summed E-state index contributed by atoms with van der Waals surface area (Å²) in [5.74, 6) is 1.36. The minimum absolute atomic E-state index is 0.289. The number of nitriles is 1. The lowest BCUT2D eigenvalue weighted by Gasteiger charge is -2.06. The molecule has 2 aliphatic rings. The molecule has 3 rings (SSSR count). The number of pyridine rings is 1. The number of rotatable bonds is 1. The predicted octanol–water partition coefficient (Wildman–Crippen LogP) is 2.23. The van der Waals surface area contributed by atoms with Crippen molar-refractivity contribution in [1.82, 2.24) is 10.3 Å². The monoisotopic (exact) mass is 245 g/mol. The molecular weight excluding hydrogens is 234 g/mol. The van der Waals surface area contributed by atoms with Crippen molar-refractivity contribution in [3.05, 3.63) is 34.6 Å². The van der Waals surface area contributed by atoms with Gasteiger partial charge < -0.3 is 5.32 Å². The van der Waals surface area contributed by atoms with Gasteiger partial charge in [-0.25, -0.2) is 4.98 Å². The maximum absolute atomic E-state index is 8.94. The SMILES string of the molecule is N#Cc1cc(C2=CC3CNCC3C2)cnc1Cl. The van der Waals surface area contributed by atoms with Gasteiger partial charge in [0, 0.05) is 12.7 Å². The van der Waals surface area contributed by atoms with E-state index in [1.54, 1.807) is 6.20 Å². The van der Waals surface area contributed by atoms with Crippen LogP contribution in [-0.4, -0.2) is 18.1 Å². The van der Waals surface area contributed by atoms with E-state index in [9.17, 15) is 0 Å². The Kier molecular flexibility index (Phi) is 2.62. The van der Waals surface area contributed by atoms with Crippen molar-refractivity contribution in [2.24, 2.45) is 11.8 Å². The number of fused-ring (bicyclic) bond motifs is 1. The Hall–Kier alpha value is -1.37. The fourth-order valence-electron chi connectivity index (χ4n) is 2.70. The molecule has 17 heavy (non-hydrogen) atoms.